The third-order valence-electron chi connectivity index (χ3n) is 22.3. The van der Waals surface area contributed by atoms with E-state index in [0.29, 0.717) is 159 Å². The van der Waals surface area contributed by atoms with Crippen molar-refractivity contribution in [1.29, 1.82) is 0 Å². The summed E-state index contributed by atoms with van der Waals surface area (Å²) < 4.78 is 49.3. The number of halogens is 6. The Balaban J connectivity index is 0.000000289. The lowest BCUT2D eigenvalue weighted by atomic mass is 9.84. The number of nitrogens with zero attached hydrogens (tertiary/aromatic N) is 5. The maximum absolute atomic E-state index is 12.7. The van der Waals surface area contributed by atoms with Crippen molar-refractivity contribution in [3.05, 3.63) is 189 Å². The van der Waals surface area contributed by atoms with Crippen LogP contribution in [0, 0.1) is 0 Å². The Bertz CT molecular complexity index is 4770. The molecular formula is C95H121Cl6N11O25. The van der Waals surface area contributed by atoms with Crippen molar-refractivity contribution in [2.75, 3.05) is 202 Å². The number of likely N-dealkylation sites (tertiary alicyclic amines) is 1. The average molecular weight is 2030 g/mol. The van der Waals surface area contributed by atoms with Crippen LogP contribution in [0.2, 0.25) is 30.1 Å². The van der Waals surface area contributed by atoms with Crippen LogP contribution in [0.25, 0.3) is 0 Å². The molecular weight excluding hydrogens is 1910 g/mol. The molecule has 11 N–H and O–H groups in total. The van der Waals surface area contributed by atoms with Gasteiger partial charge in [-0.15, -0.1) is 5.06 Å². The molecule has 42 heteroatoms. The summed E-state index contributed by atoms with van der Waals surface area (Å²) in [7, 11) is 6.19. The number of rotatable bonds is 53. The molecule has 6 aromatic carbocycles. The summed E-state index contributed by atoms with van der Waals surface area (Å²) in [6.07, 6.45) is -6.87. The van der Waals surface area contributed by atoms with E-state index in [1.165, 1.54) is 0 Å². The fourth-order valence-electron chi connectivity index (χ4n) is 15.5. The molecule has 2 saturated heterocycles. The molecule has 2 fully saturated rings. The van der Waals surface area contributed by atoms with E-state index in [0.717, 1.165) is 101 Å². The van der Waals surface area contributed by atoms with E-state index >= 15 is 0 Å². The number of ketones is 2. The second-order valence-corrected chi connectivity index (χ2v) is 35.5. The number of aliphatic hydroxyl groups excluding tert-OH is 4. The minimum absolute atomic E-state index is 0.0358. The van der Waals surface area contributed by atoms with Crippen LogP contribution >= 0.6 is 69.6 Å². The first-order chi connectivity index (χ1) is 65.9. The molecule has 11 rings (SSSR count). The molecule has 748 valence electrons. The van der Waals surface area contributed by atoms with Gasteiger partial charge in [-0.05, 0) is 163 Å². The normalized spacial score (nSPS) is 16.8. The molecule has 0 aliphatic carbocycles. The van der Waals surface area contributed by atoms with Gasteiger partial charge in [-0.3, -0.25) is 48.1 Å². The number of urea groups is 1. The number of nitrogens with two attached hydrogens (primary N) is 1. The van der Waals surface area contributed by atoms with E-state index in [2.05, 4.69) is 72.3 Å². The van der Waals surface area contributed by atoms with Gasteiger partial charge in [0.25, 0.3) is 17.7 Å². The molecule has 36 nitrogen and oxygen atoms in total. The number of hydrogen-bond acceptors (Lipinski definition) is 29. The second kappa shape index (κ2) is 59.0. The Labute approximate surface area is 825 Å². The van der Waals surface area contributed by atoms with E-state index in [-0.39, 0.29) is 125 Å². The summed E-state index contributed by atoms with van der Waals surface area (Å²) in [6.45, 7) is 11.3. The van der Waals surface area contributed by atoms with Crippen molar-refractivity contribution in [3.63, 3.8) is 0 Å². The zero-order valence-corrected chi connectivity index (χ0v) is 81.3. The lowest BCUT2D eigenvalue weighted by Crippen LogP contribution is -2.48. The second-order valence-electron chi connectivity index (χ2n) is 32.9. The van der Waals surface area contributed by atoms with E-state index in [1.807, 2.05) is 85.9 Å². The van der Waals surface area contributed by atoms with Crippen LogP contribution in [0.15, 0.2) is 109 Å². The summed E-state index contributed by atoms with van der Waals surface area (Å²) >= 11 is 38.6. The third kappa shape index (κ3) is 37.0. The molecule has 0 spiro atoms. The van der Waals surface area contributed by atoms with Crippen molar-refractivity contribution < 1.29 is 121 Å². The number of aliphatic hydroxyl groups is 4. The fraction of sp³-hybridized carbons (Fsp3) is 0.505. The maximum atomic E-state index is 12.7. The van der Waals surface area contributed by atoms with Gasteiger partial charge in [0, 0.05) is 189 Å². The highest BCUT2D eigenvalue weighted by Crippen LogP contribution is 2.43. The van der Waals surface area contributed by atoms with Gasteiger partial charge < -0.3 is 115 Å². The molecule has 7 atom stereocenters. The molecule has 5 aliphatic heterocycles. The van der Waals surface area contributed by atoms with Gasteiger partial charge in [0.2, 0.25) is 23.6 Å². The number of hydrogen-bond donors (Lipinski definition) is 10. The number of Topliss-reactive ketones (excluding diaryl/α,β-unsaturated/α-hetero) is 2. The quantitative estimate of drug-likeness (QED) is 0.0126. The van der Waals surface area contributed by atoms with Gasteiger partial charge >= 0.3 is 12.0 Å². The van der Waals surface area contributed by atoms with Crippen LogP contribution < -0.4 is 32.3 Å². The van der Waals surface area contributed by atoms with Crippen molar-refractivity contribution in [2.24, 2.45) is 5.73 Å². The minimum atomic E-state index is -2.38. The van der Waals surface area contributed by atoms with Crippen LogP contribution in [0.1, 0.15) is 132 Å². The standard InChI is InChI=1S/C56H72Cl4N6O12.C26H35Cl2N3O4.C13H14N2O9/c1-65-33-45(43-29-39(57)31-49(59)47(43)35-65)37-7-3-9-41(27-37)63-52(68)12-6-16-74-20-24-77-23-19-73-15-5-11-51(67)53(69)54(70)55(71)61-13-17-75-21-25-78-26-22-76-18-14-62-56(72)64-42-10-4-8-38(28-42)46-34-66(2)36-48-44(46)30-40(58)32-50(48)60;1-31-17-23(22-15-20(27)16-25(28)24(22)18-31)19-4-2-5-21(14-19)30-26(32)6-3-8-33-10-12-35-13-11-34-9-7-29;16-6(5-14-7(17)1-2-8(14)18)11(21)12(22)13(23)24-15-9(19)3-4-10(15)20/h3-4,7-10,27-32,45-46,53-54,69-70H,5-6,11-26,33-36H2,1-2H3,(H,61,71)(H,63,68)(H2,62,64,72);2,4-5,14-16,23H,3,6-13,17-18,29H2,1H3,(H,30,32);11-12,21-22H,1-5H2. The number of amides is 9. The molecule has 6 aromatic rings. The highest BCUT2D eigenvalue weighted by molar-refractivity contribution is 6.36. The molecule has 0 saturated carbocycles. The topological polar surface area (TPSA) is 463 Å². The van der Waals surface area contributed by atoms with E-state index in [4.69, 9.17) is 118 Å². The molecule has 7 unspecified atom stereocenters. The van der Waals surface area contributed by atoms with Crippen LogP contribution in [-0.2, 0) is 115 Å². The first-order valence-electron chi connectivity index (χ1n) is 45.2. The Morgan fingerprint density at radius 1 is 0.394 bits per heavy atom. The number of benzene rings is 6. The lowest BCUT2D eigenvalue weighted by molar-refractivity contribution is -0.206. The van der Waals surface area contributed by atoms with Gasteiger partial charge in [-0.2, -0.15) is 0 Å². The van der Waals surface area contributed by atoms with Gasteiger partial charge in [-0.1, -0.05) is 106 Å². The average Bonchev–Trinajstić information content (AvgIpc) is 1.24. The monoisotopic (exact) mass is 2030 g/mol. The van der Waals surface area contributed by atoms with E-state index in [9.17, 15) is 73.2 Å². The van der Waals surface area contributed by atoms with Crippen molar-refractivity contribution in [3.8, 4) is 0 Å². The molecule has 0 radical (unpaired) electrons. The number of anilines is 3. The van der Waals surface area contributed by atoms with Gasteiger partial charge in [-0.25, -0.2) is 9.59 Å². The summed E-state index contributed by atoms with van der Waals surface area (Å²) in [5, 5.41) is 57.8. The van der Waals surface area contributed by atoms with Crippen LogP contribution in [0.5, 0.6) is 0 Å². The lowest BCUT2D eigenvalue weighted by Gasteiger charge is -2.33. The number of hydroxylamine groups is 2. The third-order valence-corrected chi connectivity index (χ3v) is 23.9. The number of imide groups is 2. The van der Waals surface area contributed by atoms with Crippen molar-refractivity contribution in [1.82, 2.24) is 35.3 Å². The molecule has 137 heavy (non-hydrogen) atoms. The van der Waals surface area contributed by atoms with E-state index in [1.54, 1.807) is 18.2 Å². The van der Waals surface area contributed by atoms with Gasteiger partial charge in [0.05, 0.1) is 106 Å². The maximum Gasteiger partial charge on any atom is 0.364 e. The number of fused-ring (bicyclic) bond motifs is 3. The van der Waals surface area contributed by atoms with Crippen molar-refractivity contribution in [2.45, 2.75) is 126 Å². The Hall–Kier alpha value is -8.85. The molecule has 0 bridgehead atoms. The number of carbonyl (C=O) groups excluding carboxylic acids is 11. The van der Waals surface area contributed by atoms with Gasteiger partial charge in [0.1, 0.15) is 6.10 Å². The zero-order valence-electron chi connectivity index (χ0n) is 76.7. The van der Waals surface area contributed by atoms with Gasteiger partial charge in [0.15, 0.2) is 29.9 Å². The molecule has 9 amide bonds. The summed E-state index contributed by atoms with van der Waals surface area (Å²) in [5.41, 5.74) is 17.3. The first kappa shape index (κ1) is 112. The highest BCUT2D eigenvalue weighted by atomic mass is 35.5. The Morgan fingerprint density at radius 2 is 0.730 bits per heavy atom. The summed E-state index contributed by atoms with van der Waals surface area (Å²) in [4.78, 5) is 143. The molecule has 0 aromatic heterocycles. The minimum Gasteiger partial charge on any atom is -0.382 e. The van der Waals surface area contributed by atoms with Crippen LogP contribution in [0.3, 0.4) is 0 Å². The highest BCUT2D eigenvalue weighted by Gasteiger charge is 2.41. The van der Waals surface area contributed by atoms with Crippen LogP contribution in [0.4, 0.5) is 21.9 Å². The number of carbonyl (C=O) groups is 11. The number of likely N-dealkylation sites (N-methyl/N-ethyl adjacent to an activating group) is 3. The SMILES string of the molecule is CN1Cc2c(Cl)cc(Cl)cc2C(c2cccc(NC(=O)CCCOCCOCCOCCCC(=O)C(O)C(O)C(=O)NCCOCCOCCOCCNC(=O)Nc3cccc(C4CN(C)Cc5c(Cl)cc(Cl)cc54)c3)c2)C1.CN1Cc2c(Cl)cc(Cl)cc2C(c2cccc(NC(=O)CCCOCCOCCOCCN)c2)C1.O=C(CN1C(=O)CCC1=O)C(O)C(O)C(=O)ON1C(=O)CCC1=O. The van der Waals surface area contributed by atoms with Crippen LogP contribution in [-0.4, -0.2) is 320 Å². The first-order valence-corrected chi connectivity index (χ1v) is 47.4. The smallest absolute Gasteiger partial charge is 0.364 e. The number of ether oxygens (including phenoxy) is 9. The van der Waals surface area contributed by atoms with Crippen molar-refractivity contribution >= 4 is 152 Å². The predicted octanol–water partition coefficient (Wildman–Crippen LogP) is 8.61. The molecule has 5 aliphatic rings. The molecule has 5 heterocycles. The zero-order chi connectivity index (χ0) is 98.9. The largest absolute Gasteiger partial charge is 0.382 e. The summed E-state index contributed by atoms with van der Waals surface area (Å²) in [5.74, 6) is -7.04. The predicted molar refractivity (Wildman–Crippen MR) is 512 cm³/mol. The Kier molecular flexibility index (Phi) is 48.2. The Morgan fingerprint density at radius 3 is 1.12 bits per heavy atom. The summed E-state index contributed by atoms with van der Waals surface area (Å²) in [6, 6.07) is 34.5. The number of nitrogens with one attached hydrogen (secondary N) is 5. The van der Waals surface area contributed by atoms with E-state index < -0.39 is 78.0 Å². The fourth-order valence-corrected chi connectivity index (χ4v) is 17.2.